The third kappa shape index (κ3) is 4.06. The molecule has 0 aromatic carbocycles. The fourth-order valence-corrected chi connectivity index (χ4v) is 2.67. The topological polar surface area (TPSA) is 64.9 Å². The van der Waals surface area contributed by atoms with E-state index in [1.165, 1.54) is 0 Å². The van der Waals surface area contributed by atoms with Crippen molar-refractivity contribution in [1.29, 1.82) is 0 Å². The minimum absolute atomic E-state index is 0.115. The normalized spacial score (nSPS) is 15.7. The SMILES string of the molecule is C=CN(/N=C\C)c1cncc(N2CCC(N(C)C(C)=O)CC2)n1. The van der Waals surface area contributed by atoms with Crippen LogP contribution in [0, 0.1) is 0 Å². The Morgan fingerprint density at radius 3 is 2.70 bits per heavy atom. The van der Waals surface area contributed by atoms with Crippen LogP contribution in [-0.2, 0) is 4.79 Å². The minimum Gasteiger partial charge on any atom is -0.355 e. The first-order valence-electron chi connectivity index (χ1n) is 7.77. The molecule has 7 heteroatoms. The average Bonchev–Trinajstić information content (AvgIpc) is 2.59. The molecule has 1 aromatic heterocycles. The van der Waals surface area contributed by atoms with E-state index in [0.717, 1.165) is 31.7 Å². The molecule has 1 aliphatic heterocycles. The molecule has 0 atom stereocenters. The molecular formula is C16H24N6O. The van der Waals surface area contributed by atoms with Gasteiger partial charge in [0, 0.05) is 45.5 Å². The summed E-state index contributed by atoms with van der Waals surface area (Å²) in [6.07, 6.45) is 8.56. The van der Waals surface area contributed by atoms with Gasteiger partial charge in [0.2, 0.25) is 5.91 Å². The van der Waals surface area contributed by atoms with Crippen LogP contribution in [0.5, 0.6) is 0 Å². The zero-order valence-corrected chi connectivity index (χ0v) is 14.0. The predicted molar refractivity (Wildman–Crippen MR) is 92.6 cm³/mol. The second-order valence-electron chi connectivity index (χ2n) is 5.48. The largest absolute Gasteiger partial charge is 0.355 e. The molecule has 7 nitrogen and oxygen atoms in total. The van der Waals surface area contributed by atoms with E-state index in [9.17, 15) is 4.79 Å². The van der Waals surface area contributed by atoms with Crippen LogP contribution in [0.1, 0.15) is 26.7 Å². The molecule has 1 aromatic rings. The monoisotopic (exact) mass is 316 g/mol. The van der Waals surface area contributed by atoms with E-state index in [1.807, 2.05) is 18.9 Å². The summed E-state index contributed by atoms with van der Waals surface area (Å²) in [7, 11) is 1.87. The quantitative estimate of drug-likeness (QED) is 0.613. The van der Waals surface area contributed by atoms with Crippen molar-refractivity contribution >= 4 is 23.8 Å². The Kier molecular flexibility index (Phi) is 5.67. The van der Waals surface area contributed by atoms with Gasteiger partial charge < -0.3 is 9.80 Å². The molecule has 1 amide bonds. The minimum atomic E-state index is 0.115. The maximum Gasteiger partial charge on any atom is 0.219 e. The van der Waals surface area contributed by atoms with Crippen LogP contribution in [0.2, 0.25) is 0 Å². The molecule has 1 aliphatic rings. The third-order valence-corrected chi connectivity index (χ3v) is 4.09. The molecule has 1 saturated heterocycles. The van der Waals surface area contributed by atoms with Crippen molar-refractivity contribution in [3.63, 3.8) is 0 Å². The highest BCUT2D eigenvalue weighted by molar-refractivity contribution is 5.73. The number of carbonyl (C=O) groups excluding carboxylic acids is 1. The summed E-state index contributed by atoms with van der Waals surface area (Å²) in [4.78, 5) is 24.4. The number of hydrogen-bond donors (Lipinski definition) is 0. The smallest absolute Gasteiger partial charge is 0.219 e. The van der Waals surface area contributed by atoms with Gasteiger partial charge in [-0.25, -0.2) is 9.99 Å². The predicted octanol–water partition coefficient (Wildman–Crippen LogP) is 1.88. The maximum absolute atomic E-state index is 11.5. The fourth-order valence-electron chi connectivity index (χ4n) is 2.67. The number of rotatable bonds is 5. The van der Waals surface area contributed by atoms with Gasteiger partial charge in [0.25, 0.3) is 0 Å². The summed E-state index contributed by atoms with van der Waals surface area (Å²) in [5.74, 6) is 1.58. The molecule has 0 radical (unpaired) electrons. The van der Waals surface area contributed by atoms with Gasteiger partial charge in [0.15, 0.2) is 5.82 Å². The number of anilines is 2. The van der Waals surface area contributed by atoms with Crippen LogP contribution in [0.3, 0.4) is 0 Å². The number of hydrogen-bond acceptors (Lipinski definition) is 6. The van der Waals surface area contributed by atoms with Gasteiger partial charge in [-0.3, -0.25) is 9.78 Å². The highest BCUT2D eigenvalue weighted by Crippen LogP contribution is 2.22. The molecule has 0 saturated carbocycles. The van der Waals surface area contributed by atoms with E-state index in [4.69, 9.17) is 0 Å². The Morgan fingerprint density at radius 1 is 1.43 bits per heavy atom. The van der Waals surface area contributed by atoms with Crippen molar-refractivity contribution in [2.45, 2.75) is 32.7 Å². The van der Waals surface area contributed by atoms with E-state index >= 15 is 0 Å². The van der Waals surface area contributed by atoms with E-state index in [0.29, 0.717) is 11.9 Å². The Balaban J connectivity index is 2.06. The van der Waals surface area contributed by atoms with Crippen LogP contribution in [-0.4, -0.2) is 53.2 Å². The molecule has 2 heterocycles. The number of hydrazone groups is 1. The van der Waals surface area contributed by atoms with Crippen molar-refractivity contribution < 1.29 is 4.79 Å². The molecule has 0 aliphatic carbocycles. The van der Waals surface area contributed by atoms with Crippen molar-refractivity contribution in [3.8, 4) is 0 Å². The molecule has 0 bridgehead atoms. The molecule has 0 unspecified atom stereocenters. The second kappa shape index (κ2) is 7.71. The molecule has 0 spiro atoms. The lowest BCUT2D eigenvalue weighted by Gasteiger charge is -2.36. The van der Waals surface area contributed by atoms with Gasteiger partial charge in [0.1, 0.15) is 5.82 Å². The molecule has 124 valence electrons. The Morgan fingerprint density at radius 2 is 2.13 bits per heavy atom. The Labute approximate surface area is 137 Å². The highest BCUT2D eigenvalue weighted by atomic mass is 16.2. The summed E-state index contributed by atoms with van der Waals surface area (Å²) in [6, 6.07) is 0.300. The number of nitrogens with zero attached hydrogens (tertiary/aromatic N) is 6. The number of amides is 1. The molecule has 1 fully saturated rings. The summed E-state index contributed by atoms with van der Waals surface area (Å²) < 4.78 is 0. The van der Waals surface area contributed by atoms with Gasteiger partial charge in [-0.1, -0.05) is 6.58 Å². The van der Waals surface area contributed by atoms with Crippen molar-refractivity contribution in [2.75, 3.05) is 30.0 Å². The van der Waals surface area contributed by atoms with Crippen LogP contribution in [0.25, 0.3) is 0 Å². The number of carbonyl (C=O) groups is 1. The average molecular weight is 316 g/mol. The molecular weight excluding hydrogens is 292 g/mol. The zero-order chi connectivity index (χ0) is 16.8. The molecule has 0 N–H and O–H groups in total. The second-order valence-corrected chi connectivity index (χ2v) is 5.48. The maximum atomic E-state index is 11.5. The van der Waals surface area contributed by atoms with Gasteiger partial charge in [-0.15, -0.1) is 0 Å². The molecule has 23 heavy (non-hydrogen) atoms. The summed E-state index contributed by atoms with van der Waals surface area (Å²) in [5.41, 5.74) is 0. The first kappa shape index (κ1) is 16.9. The van der Waals surface area contributed by atoms with Crippen molar-refractivity contribution in [2.24, 2.45) is 5.10 Å². The van der Waals surface area contributed by atoms with Gasteiger partial charge >= 0.3 is 0 Å². The molecule has 2 rings (SSSR count). The van der Waals surface area contributed by atoms with Crippen molar-refractivity contribution in [1.82, 2.24) is 14.9 Å². The van der Waals surface area contributed by atoms with Crippen molar-refractivity contribution in [3.05, 3.63) is 25.2 Å². The van der Waals surface area contributed by atoms with E-state index in [2.05, 4.69) is 26.5 Å². The summed E-state index contributed by atoms with van der Waals surface area (Å²) in [5, 5.41) is 5.77. The standard InChI is InChI=1S/C16H24N6O/c1-5-18-22(6-2)16-12-17-11-15(19-16)21-9-7-14(8-10-21)20(4)13(3)23/h5-6,11-12,14H,2,7-10H2,1,3-4H3/b18-5-. The lowest BCUT2D eigenvalue weighted by molar-refractivity contribution is -0.129. The summed E-state index contributed by atoms with van der Waals surface area (Å²) in [6.45, 7) is 8.89. The van der Waals surface area contributed by atoms with Gasteiger partial charge in [0.05, 0.1) is 12.4 Å². The zero-order valence-electron chi connectivity index (χ0n) is 14.0. The Hall–Kier alpha value is -2.44. The summed E-state index contributed by atoms with van der Waals surface area (Å²) >= 11 is 0. The third-order valence-electron chi connectivity index (χ3n) is 4.09. The number of piperidine rings is 1. The van der Waals surface area contributed by atoms with Crippen LogP contribution >= 0.6 is 0 Å². The number of aromatic nitrogens is 2. The van der Waals surface area contributed by atoms with Gasteiger partial charge in [-0.05, 0) is 19.8 Å². The fraction of sp³-hybridized carbons (Fsp3) is 0.500. The lowest BCUT2D eigenvalue weighted by Crippen LogP contribution is -2.45. The lowest BCUT2D eigenvalue weighted by atomic mass is 10.0. The van der Waals surface area contributed by atoms with E-state index < -0.39 is 0 Å². The van der Waals surface area contributed by atoms with Crippen LogP contribution in [0.15, 0.2) is 30.3 Å². The van der Waals surface area contributed by atoms with Gasteiger partial charge in [-0.2, -0.15) is 5.10 Å². The highest BCUT2D eigenvalue weighted by Gasteiger charge is 2.24. The first-order chi connectivity index (χ1) is 11.1. The van der Waals surface area contributed by atoms with Crippen LogP contribution < -0.4 is 9.91 Å². The first-order valence-corrected chi connectivity index (χ1v) is 7.77. The Bertz CT molecular complexity index is 580. The van der Waals surface area contributed by atoms with Crippen LogP contribution in [0.4, 0.5) is 11.6 Å². The van der Waals surface area contributed by atoms with E-state index in [1.54, 1.807) is 36.7 Å². The van der Waals surface area contributed by atoms with E-state index in [-0.39, 0.29) is 5.91 Å².